The molecule has 0 aromatic heterocycles. The van der Waals surface area contributed by atoms with Crippen molar-refractivity contribution < 1.29 is 9.59 Å². The van der Waals surface area contributed by atoms with Crippen LogP contribution in [0.15, 0.2) is 11.6 Å². The lowest BCUT2D eigenvalue weighted by molar-refractivity contribution is -0.186. The number of fused-ring (bicyclic) bond motifs is 7. The van der Waals surface area contributed by atoms with E-state index < -0.39 is 0 Å². The van der Waals surface area contributed by atoms with E-state index in [2.05, 4.69) is 65.2 Å². The van der Waals surface area contributed by atoms with Crippen molar-refractivity contribution in [2.75, 3.05) is 26.2 Å². The van der Waals surface area contributed by atoms with Gasteiger partial charge < -0.3 is 16.4 Å². The summed E-state index contributed by atoms with van der Waals surface area (Å²) in [5.41, 5.74) is 7.54. The third-order valence-corrected chi connectivity index (χ3v) is 14.5. The van der Waals surface area contributed by atoms with Crippen LogP contribution in [0.4, 0.5) is 0 Å². The van der Waals surface area contributed by atoms with Gasteiger partial charge in [0, 0.05) is 18.4 Å². The predicted octanol–water partition coefficient (Wildman–Crippen LogP) is 7.19. The van der Waals surface area contributed by atoms with Crippen molar-refractivity contribution in [3.63, 3.8) is 0 Å². The fraction of sp³-hybridized carbons (Fsp3) is 0.892. The van der Waals surface area contributed by atoms with Crippen molar-refractivity contribution in [2.24, 2.45) is 56.0 Å². The van der Waals surface area contributed by atoms with Crippen LogP contribution in [0.3, 0.4) is 0 Å². The van der Waals surface area contributed by atoms with E-state index in [9.17, 15) is 9.59 Å². The third-order valence-electron chi connectivity index (χ3n) is 14.5. The van der Waals surface area contributed by atoms with Crippen LogP contribution in [0, 0.1) is 50.2 Å². The number of ketones is 1. The molecule has 0 aromatic carbocycles. The zero-order chi connectivity index (χ0) is 30.6. The molecular weight excluding hydrogens is 518 g/mol. The molecule has 5 nitrogen and oxygen atoms in total. The summed E-state index contributed by atoms with van der Waals surface area (Å²) in [6.07, 6.45) is 16.5. The number of nitrogens with one attached hydrogen (secondary N) is 2. The van der Waals surface area contributed by atoms with Crippen molar-refractivity contribution in [1.29, 1.82) is 0 Å². The normalized spacial score (nSPS) is 42.0. The van der Waals surface area contributed by atoms with Crippen molar-refractivity contribution in [1.82, 2.24) is 10.6 Å². The molecule has 1 amide bonds. The summed E-state index contributed by atoms with van der Waals surface area (Å²) in [4.78, 5) is 27.3. The Hall–Kier alpha value is -1.20. The topological polar surface area (TPSA) is 84.2 Å². The first-order valence-corrected chi connectivity index (χ1v) is 17.6. The molecule has 7 atom stereocenters. The Balaban J connectivity index is 1.39. The van der Waals surface area contributed by atoms with Crippen LogP contribution in [-0.2, 0) is 9.59 Å². The highest BCUT2D eigenvalue weighted by molar-refractivity contribution is 5.85. The highest BCUT2D eigenvalue weighted by atomic mass is 16.2. The van der Waals surface area contributed by atoms with Crippen LogP contribution < -0.4 is 16.4 Å². The number of amides is 1. The van der Waals surface area contributed by atoms with Gasteiger partial charge in [-0.15, -0.1) is 0 Å². The van der Waals surface area contributed by atoms with E-state index >= 15 is 0 Å². The van der Waals surface area contributed by atoms with Crippen molar-refractivity contribution in [2.45, 2.75) is 132 Å². The molecular formula is C37H63N3O2. The lowest BCUT2D eigenvalue weighted by atomic mass is 9.33. The number of unbranched alkanes of at least 4 members (excludes halogenated alkanes) is 1. The van der Waals surface area contributed by atoms with Gasteiger partial charge in [0.2, 0.25) is 5.91 Å². The summed E-state index contributed by atoms with van der Waals surface area (Å²) < 4.78 is 0. The number of hydrogen-bond donors (Lipinski definition) is 3. The Morgan fingerprint density at radius 2 is 1.60 bits per heavy atom. The zero-order valence-corrected chi connectivity index (χ0v) is 28.2. The molecule has 4 saturated carbocycles. The van der Waals surface area contributed by atoms with Crippen LogP contribution in [0.25, 0.3) is 0 Å². The maximum atomic E-state index is 14.2. The van der Waals surface area contributed by atoms with Gasteiger partial charge in [0.25, 0.3) is 0 Å². The Labute approximate surface area is 257 Å². The molecule has 4 N–H and O–H groups in total. The van der Waals surface area contributed by atoms with Gasteiger partial charge in [-0.1, -0.05) is 60.1 Å². The molecule has 0 aliphatic heterocycles. The maximum absolute atomic E-state index is 14.2. The molecule has 0 unspecified atom stereocenters. The van der Waals surface area contributed by atoms with Crippen molar-refractivity contribution >= 4 is 11.7 Å². The van der Waals surface area contributed by atoms with Crippen molar-refractivity contribution in [3.05, 3.63) is 11.6 Å². The van der Waals surface area contributed by atoms with Crippen LogP contribution in [0.2, 0.25) is 0 Å². The highest BCUT2D eigenvalue weighted by Gasteiger charge is 2.69. The monoisotopic (exact) mass is 581 g/mol. The molecule has 0 bridgehead atoms. The Morgan fingerprint density at radius 3 is 2.33 bits per heavy atom. The van der Waals surface area contributed by atoms with Gasteiger partial charge in [-0.05, 0) is 136 Å². The quantitative estimate of drug-likeness (QED) is 0.199. The average molecular weight is 582 g/mol. The van der Waals surface area contributed by atoms with Crippen LogP contribution >= 0.6 is 0 Å². The van der Waals surface area contributed by atoms with Gasteiger partial charge in [-0.2, -0.15) is 0 Å². The molecule has 5 aliphatic carbocycles. The largest absolute Gasteiger partial charge is 0.356 e. The van der Waals surface area contributed by atoms with E-state index in [1.165, 1.54) is 6.42 Å². The van der Waals surface area contributed by atoms with Gasteiger partial charge in [-0.3, -0.25) is 9.59 Å². The summed E-state index contributed by atoms with van der Waals surface area (Å²) in [5, 5.41) is 6.95. The lowest BCUT2D eigenvalue weighted by Crippen LogP contribution is -2.65. The minimum absolute atomic E-state index is 0.116. The summed E-state index contributed by atoms with van der Waals surface area (Å²) in [7, 11) is 0. The Bertz CT molecular complexity index is 1080. The zero-order valence-electron chi connectivity index (χ0n) is 28.2. The number of hydrogen-bond acceptors (Lipinski definition) is 4. The molecule has 0 spiro atoms. The molecule has 4 fully saturated rings. The Kier molecular flexibility index (Phi) is 8.67. The van der Waals surface area contributed by atoms with Gasteiger partial charge in [0.05, 0.1) is 5.41 Å². The van der Waals surface area contributed by atoms with E-state index in [1.54, 1.807) is 5.57 Å². The van der Waals surface area contributed by atoms with E-state index in [-0.39, 0.29) is 32.5 Å². The average Bonchev–Trinajstić information content (AvgIpc) is 2.92. The van der Waals surface area contributed by atoms with E-state index in [0.29, 0.717) is 29.4 Å². The summed E-state index contributed by atoms with van der Waals surface area (Å²) in [6, 6.07) is 0. The highest BCUT2D eigenvalue weighted by Crippen LogP contribution is 2.75. The predicted molar refractivity (Wildman–Crippen MR) is 173 cm³/mol. The van der Waals surface area contributed by atoms with Crippen molar-refractivity contribution in [3.8, 4) is 0 Å². The lowest BCUT2D eigenvalue weighted by Gasteiger charge is -2.70. The SMILES string of the molecule is CC1(C)CC[C@]2(C(=O)NCCCNCCCCN)CC[C@]3(C)C(=CC[C@@H]4[C@@]5(C)CCC(=O)C(C)(C)[C@@H]5CC[C@]43C)[C@@H]2C1. The second kappa shape index (κ2) is 11.3. The van der Waals surface area contributed by atoms with E-state index in [4.69, 9.17) is 5.73 Å². The van der Waals surface area contributed by atoms with Crippen LogP contribution in [0.5, 0.6) is 0 Å². The molecule has 42 heavy (non-hydrogen) atoms. The maximum Gasteiger partial charge on any atom is 0.226 e. The Morgan fingerprint density at radius 1 is 0.881 bits per heavy atom. The molecule has 5 aliphatic rings. The first-order valence-electron chi connectivity index (χ1n) is 17.6. The molecule has 5 rings (SSSR count). The molecule has 0 aromatic rings. The van der Waals surface area contributed by atoms with Gasteiger partial charge in [-0.25, -0.2) is 0 Å². The fourth-order valence-electron chi connectivity index (χ4n) is 11.6. The van der Waals surface area contributed by atoms with Gasteiger partial charge in [0.1, 0.15) is 5.78 Å². The molecule has 238 valence electrons. The van der Waals surface area contributed by atoms with E-state index in [1.807, 2.05) is 0 Å². The summed E-state index contributed by atoms with van der Waals surface area (Å²) in [5.74, 6) is 2.21. The second-order valence-electron chi connectivity index (χ2n) is 17.4. The molecule has 5 heteroatoms. The smallest absolute Gasteiger partial charge is 0.226 e. The molecule has 0 saturated heterocycles. The van der Waals surface area contributed by atoms with Gasteiger partial charge >= 0.3 is 0 Å². The van der Waals surface area contributed by atoms with Crippen LogP contribution in [0.1, 0.15) is 132 Å². The number of rotatable bonds is 9. The number of carbonyl (C=O) groups excluding carboxylic acids is 2. The minimum Gasteiger partial charge on any atom is -0.356 e. The standard InChI is InChI=1S/C37H63N3O2/c1-32(2)17-19-37(31(42)40-24-10-23-39-22-9-8-21-38)20-18-35(6)26(27(37)25-32)11-12-29-34(5)15-14-30(41)33(3,4)28(34)13-16-36(29,35)7/h11,27-29,39H,8-10,12-25,38H2,1-7H3,(H,40,42)/t27-,28-,29+,34-,35+,36+,37-/m0/s1. The third kappa shape index (κ3) is 4.95. The fourth-order valence-corrected chi connectivity index (χ4v) is 11.6. The first kappa shape index (κ1) is 32.2. The van der Waals surface area contributed by atoms with Crippen LogP contribution in [-0.4, -0.2) is 37.9 Å². The number of carbonyl (C=O) groups is 2. The number of nitrogens with two attached hydrogens (primary N) is 1. The second-order valence-corrected chi connectivity index (χ2v) is 17.4. The number of Topliss-reactive ketones (excluding diaryl/α,β-unsaturated/α-hetero) is 1. The molecule has 0 radical (unpaired) electrons. The first-order chi connectivity index (χ1) is 19.7. The van der Waals surface area contributed by atoms with E-state index in [0.717, 1.165) is 103 Å². The van der Waals surface area contributed by atoms with Gasteiger partial charge in [0.15, 0.2) is 0 Å². The summed E-state index contributed by atoms with van der Waals surface area (Å²) in [6.45, 7) is 20.6. The summed E-state index contributed by atoms with van der Waals surface area (Å²) >= 11 is 0. The molecule has 0 heterocycles. The minimum atomic E-state index is -0.265. The number of allylic oxidation sites excluding steroid dienone is 2.